The summed E-state index contributed by atoms with van der Waals surface area (Å²) in [5.41, 5.74) is 0. The van der Waals surface area contributed by atoms with Crippen LogP contribution >= 0.6 is 0 Å². The molecule has 6 nitrogen and oxygen atoms in total. The number of rotatable bonds is 52. The highest BCUT2D eigenvalue weighted by atomic mass is 16.5. The Bertz CT molecular complexity index is 867. The molecule has 0 radical (unpaired) electrons. The summed E-state index contributed by atoms with van der Waals surface area (Å²) in [5, 5.41) is 23.3. The minimum Gasteiger partial charge on any atom is -0.466 e. The Morgan fingerprint density at radius 1 is 0.393 bits per heavy atom. The molecule has 1 amide bonds. The van der Waals surface area contributed by atoms with E-state index in [1.807, 2.05) is 0 Å². The van der Waals surface area contributed by atoms with Crippen LogP contribution in [0.1, 0.15) is 316 Å². The first-order chi connectivity index (χ1) is 30.0. The van der Waals surface area contributed by atoms with Crippen LogP contribution in [-0.2, 0) is 14.3 Å². The van der Waals surface area contributed by atoms with E-state index in [0.717, 1.165) is 38.5 Å². The van der Waals surface area contributed by atoms with Crippen molar-refractivity contribution in [2.75, 3.05) is 13.2 Å². The molecule has 2 atom stereocenters. The van der Waals surface area contributed by atoms with Gasteiger partial charge in [0.2, 0.25) is 5.91 Å². The van der Waals surface area contributed by atoms with Gasteiger partial charge in [0.25, 0.3) is 0 Å². The molecule has 3 N–H and O–H groups in total. The Balaban J connectivity index is 3.40. The number of nitrogens with one attached hydrogen (secondary N) is 1. The fourth-order valence-electron chi connectivity index (χ4n) is 8.88. The van der Waals surface area contributed by atoms with Gasteiger partial charge in [0, 0.05) is 12.8 Å². The third-order valence-corrected chi connectivity index (χ3v) is 13.2. The van der Waals surface area contributed by atoms with Crippen molar-refractivity contribution >= 4 is 11.9 Å². The van der Waals surface area contributed by atoms with Crippen molar-refractivity contribution in [3.63, 3.8) is 0 Å². The highest BCUT2D eigenvalue weighted by Gasteiger charge is 2.20. The number of esters is 1. The zero-order chi connectivity index (χ0) is 44.4. The first-order valence-electron chi connectivity index (χ1n) is 27.8. The quantitative estimate of drug-likeness (QED) is 0.0418. The molecular formula is C55H109NO5. The van der Waals surface area contributed by atoms with Crippen LogP contribution in [0.25, 0.3) is 0 Å². The molecule has 0 saturated carbocycles. The van der Waals surface area contributed by atoms with E-state index in [1.54, 1.807) is 0 Å². The number of amides is 1. The van der Waals surface area contributed by atoms with Crippen molar-refractivity contribution in [2.24, 2.45) is 0 Å². The van der Waals surface area contributed by atoms with Gasteiger partial charge in [-0.1, -0.05) is 277 Å². The average molecular weight is 864 g/mol. The van der Waals surface area contributed by atoms with E-state index in [4.69, 9.17) is 4.74 Å². The molecule has 0 aliphatic rings. The number of aliphatic hydroxyl groups excluding tert-OH is 2. The fraction of sp³-hybridized carbons (Fsp3) is 0.964. The van der Waals surface area contributed by atoms with Gasteiger partial charge in [-0.2, -0.15) is 0 Å². The molecule has 0 rings (SSSR count). The maximum atomic E-state index is 12.5. The summed E-state index contributed by atoms with van der Waals surface area (Å²) < 4.78 is 5.46. The summed E-state index contributed by atoms with van der Waals surface area (Å²) in [7, 11) is 0. The van der Waals surface area contributed by atoms with Crippen LogP contribution < -0.4 is 5.32 Å². The van der Waals surface area contributed by atoms with Gasteiger partial charge in [0.1, 0.15) is 0 Å². The molecule has 0 aromatic heterocycles. The van der Waals surface area contributed by atoms with Gasteiger partial charge in [0.05, 0.1) is 25.4 Å². The molecular weight excluding hydrogens is 755 g/mol. The summed E-state index contributed by atoms with van der Waals surface area (Å²) >= 11 is 0. The lowest BCUT2D eigenvalue weighted by atomic mass is 10.0. The van der Waals surface area contributed by atoms with Crippen LogP contribution in [0.2, 0.25) is 0 Å². The normalized spacial score (nSPS) is 12.5. The van der Waals surface area contributed by atoms with Crippen molar-refractivity contribution in [1.82, 2.24) is 5.32 Å². The second kappa shape index (κ2) is 51.5. The fourth-order valence-corrected chi connectivity index (χ4v) is 8.88. The molecule has 0 aromatic carbocycles. The standard InChI is InChI=1S/C55H109NO5/c1-3-5-7-9-11-13-15-16-21-24-28-31-35-39-43-47-53(58)52(51-57)56-54(59)48-44-40-36-32-29-25-22-19-17-18-20-23-26-30-34-38-42-46-50-61-55(60)49-45-41-37-33-27-14-12-10-8-6-4-2/h52-53,57-58H,3-51H2,1-2H3,(H,56,59). The SMILES string of the molecule is CCCCCCCCCCCCCCCCCC(O)C(CO)NC(=O)CCCCCCCCCCCCCCCCCCCCOC(=O)CCCCCCCCCCCCC. The third-order valence-electron chi connectivity index (χ3n) is 13.2. The van der Waals surface area contributed by atoms with Crippen LogP contribution in [0.15, 0.2) is 0 Å². The number of carbonyl (C=O) groups excluding carboxylic acids is 2. The minimum absolute atomic E-state index is 0.00773. The second-order valence-electron chi connectivity index (χ2n) is 19.3. The minimum atomic E-state index is -0.665. The van der Waals surface area contributed by atoms with E-state index < -0.39 is 12.1 Å². The van der Waals surface area contributed by atoms with E-state index in [2.05, 4.69) is 19.2 Å². The molecule has 364 valence electrons. The molecule has 0 fully saturated rings. The number of ether oxygens (including phenoxy) is 1. The van der Waals surface area contributed by atoms with E-state index in [-0.39, 0.29) is 18.5 Å². The predicted octanol–water partition coefficient (Wildman–Crippen LogP) is 16.7. The van der Waals surface area contributed by atoms with Gasteiger partial charge >= 0.3 is 5.97 Å². The van der Waals surface area contributed by atoms with Gasteiger partial charge < -0.3 is 20.3 Å². The van der Waals surface area contributed by atoms with Crippen molar-refractivity contribution in [2.45, 2.75) is 328 Å². The molecule has 0 aliphatic heterocycles. The summed E-state index contributed by atoms with van der Waals surface area (Å²) in [5.74, 6) is -0.0288. The van der Waals surface area contributed by atoms with E-state index in [9.17, 15) is 19.8 Å². The first-order valence-corrected chi connectivity index (χ1v) is 27.8. The summed E-state index contributed by atoms with van der Waals surface area (Å²) in [6, 6.07) is -0.542. The molecule has 6 heteroatoms. The number of hydrogen-bond acceptors (Lipinski definition) is 5. The second-order valence-corrected chi connectivity index (χ2v) is 19.3. The maximum Gasteiger partial charge on any atom is 0.305 e. The Kier molecular flexibility index (Phi) is 50.5. The Labute approximate surface area is 381 Å². The van der Waals surface area contributed by atoms with Crippen molar-refractivity contribution in [3.05, 3.63) is 0 Å². The van der Waals surface area contributed by atoms with Crippen LogP contribution in [0.5, 0.6) is 0 Å². The lowest BCUT2D eigenvalue weighted by Crippen LogP contribution is -2.45. The topological polar surface area (TPSA) is 95.9 Å². The lowest BCUT2D eigenvalue weighted by molar-refractivity contribution is -0.143. The van der Waals surface area contributed by atoms with Crippen LogP contribution in [0, 0.1) is 0 Å². The number of aliphatic hydroxyl groups is 2. The largest absolute Gasteiger partial charge is 0.466 e. The van der Waals surface area contributed by atoms with Gasteiger partial charge in [-0.3, -0.25) is 9.59 Å². The zero-order valence-electron chi connectivity index (χ0n) is 41.4. The lowest BCUT2D eigenvalue weighted by Gasteiger charge is -2.22. The monoisotopic (exact) mass is 864 g/mol. The highest BCUT2D eigenvalue weighted by Crippen LogP contribution is 2.18. The van der Waals surface area contributed by atoms with Gasteiger partial charge in [-0.15, -0.1) is 0 Å². The number of unbranched alkanes of at least 4 members (excludes halogenated alkanes) is 41. The predicted molar refractivity (Wildman–Crippen MR) is 264 cm³/mol. The molecule has 0 spiro atoms. The van der Waals surface area contributed by atoms with Crippen LogP contribution in [0.4, 0.5) is 0 Å². The molecule has 0 saturated heterocycles. The van der Waals surface area contributed by atoms with Gasteiger partial charge in [0.15, 0.2) is 0 Å². The van der Waals surface area contributed by atoms with Gasteiger partial charge in [-0.25, -0.2) is 0 Å². The van der Waals surface area contributed by atoms with Crippen molar-refractivity contribution in [3.8, 4) is 0 Å². The summed E-state index contributed by atoms with van der Waals surface area (Å²) in [4.78, 5) is 24.4. The summed E-state index contributed by atoms with van der Waals surface area (Å²) in [6.07, 6.45) is 58.0. The molecule has 0 aliphatic carbocycles. The van der Waals surface area contributed by atoms with Crippen molar-refractivity contribution in [1.29, 1.82) is 0 Å². The van der Waals surface area contributed by atoms with E-state index in [0.29, 0.717) is 25.9 Å². The molecule has 61 heavy (non-hydrogen) atoms. The van der Waals surface area contributed by atoms with Crippen LogP contribution in [0.3, 0.4) is 0 Å². The van der Waals surface area contributed by atoms with E-state index in [1.165, 1.54) is 244 Å². The highest BCUT2D eigenvalue weighted by molar-refractivity contribution is 5.76. The van der Waals surface area contributed by atoms with Crippen molar-refractivity contribution < 1.29 is 24.5 Å². The zero-order valence-corrected chi connectivity index (χ0v) is 41.4. The molecule has 2 unspecified atom stereocenters. The number of hydrogen-bond donors (Lipinski definition) is 3. The smallest absolute Gasteiger partial charge is 0.305 e. The summed E-state index contributed by atoms with van der Waals surface area (Å²) in [6.45, 7) is 4.96. The average Bonchev–Trinajstić information content (AvgIpc) is 3.26. The Hall–Kier alpha value is -1.14. The molecule has 0 heterocycles. The van der Waals surface area contributed by atoms with E-state index >= 15 is 0 Å². The maximum absolute atomic E-state index is 12.5. The first kappa shape index (κ1) is 59.9. The number of carbonyl (C=O) groups is 2. The van der Waals surface area contributed by atoms with Crippen LogP contribution in [-0.4, -0.2) is 47.4 Å². The van der Waals surface area contributed by atoms with Gasteiger partial charge in [-0.05, 0) is 25.7 Å². The third kappa shape index (κ3) is 48.2. The Morgan fingerprint density at radius 3 is 1.00 bits per heavy atom. The molecule has 0 bridgehead atoms. The Morgan fingerprint density at radius 2 is 0.672 bits per heavy atom. The molecule has 0 aromatic rings.